The summed E-state index contributed by atoms with van der Waals surface area (Å²) >= 11 is 0. The van der Waals surface area contributed by atoms with E-state index in [-0.39, 0.29) is 12.5 Å². The highest BCUT2D eigenvalue weighted by molar-refractivity contribution is 5.94. The van der Waals surface area contributed by atoms with Gasteiger partial charge in [0.2, 0.25) is 0 Å². The molecule has 1 N–H and O–H groups in total. The van der Waals surface area contributed by atoms with Gasteiger partial charge >= 0.3 is 0 Å². The molecule has 128 valence electrons. The Morgan fingerprint density at radius 1 is 1.30 bits per heavy atom. The smallest absolute Gasteiger partial charge is 0.253 e. The van der Waals surface area contributed by atoms with Crippen LogP contribution in [0.3, 0.4) is 0 Å². The Morgan fingerprint density at radius 2 is 1.96 bits per heavy atom. The van der Waals surface area contributed by atoms with E-state index in [2.05, 4.69) is 16.8 Å². The first kappa shape index (κ1) is 17.8. The van der Waals surface area contributed by atoms with Crippen molar-refractivity contribution in [3.05, 3.63) is 35.1 Å². The Kier molecular flexibility index (Phi) is 6.10. The number of likely N-dealkylation sites (N-methyl/N-ethyl adjacent to an activating group) is 2. The molecule has 1 aromatic carbocycles. The van der Waals surface area contributed by atoms with E-state index in [0.29, 0.717) is 17.7 Å². The lowest BCUT2D eigenvalue weighted by Crippen LogP contribution is -2.49. The van der Waals surface area contributed by atoms with Crippen LogP contribution in [0.15, 0.2) is 18.2 Å². The standard InChI is InChI=1S/C17H26FN3O2/c1-13-8-14(10-15(18)9-13)17(23)20(3)11-16(22)12-21-6-4-19(2)5-7-21/h8-10,16,22H,4-7,11-12H2,1-3H3. The number of hydrogen-bond donors (Lipinski definition) is 1. The van der Waals surface area contributed by atoms with Gasteiger partial charge in [0.25, 0.3) is 5.91 Å². The minimum Gasteiger partial charge on any atom is -0.390 e. The van der Waals surface area contributed by atoms with Gasteiger partial charge in [-0.3, -0.25) is 9.69 Å². The number of piperazine rings is 1. The minimum absolute atomic E-state index is 0.237. The lowest BCUT2D eigenvalue weighted by Gasteiger charge is -2.34. The van der Waals surface area contributed by atoms with Gasteiger partial charge in [-0.15, -0.1) is 0 Å². The van der Waals surface area contributed by atoms with Gasteiger partial charge in [0.1, 0.15) is 5.82 Å². The molecule has 0 spiro atoms. The van der Waals surface area contributed by atoms with Crippen LogP contribution in [0.25, 0.3) is 0 Å². The average Bonchev–Trinajstić information content (AvgIpc) is 2.47. The van der Waals surface area contributed by atoms with Crippen LogP contribution in [0.2, 0.25) is 0 Å². The third-order valence-electron chi connectivity index (χ3n) is 4.19. The molecular formula is C17H26FN3O2. The summed E-state index contributed by atoms with van der Waals surface area (Å²) in [5.74, 6) is -0.690. The first-order chi connectivity index (χ1) is 10.8. The molecule has 1 heterocycles. The van der Waals surface area contributed by atoms with Crippen molar-refractivity contribution in [3.63, 3.8) is 0 Å². The topological polar surface area (TPSA) is 47.0 Å². The fraction of sp³-hybridized carbons (Fsp3) is 0.588. The zero-order chi connectivity index (χ0) is 17.0. The van der Waals surface area contributed by atoms with Crippen LogP contribution in [0.1, 0.15) is 15.9 Å². The molecule has 0 aliphatic carbocycles. The normalized spacial score (nSPS) is 18.0. The largest absolute Gasteiger partial charge is 0.390 e. The van der Waals surface area contributed by atoms with Crippen molar-refractivity contribution in [2.24, 2.45) is 0 Å². The third-order valence-corrected chi connectivity index (χ3v) is 4.19. The number of halogens is 1. The number of hydrogen-bond acceptors (Lipinski definition) is 4. The highest BCUT2D eigenvalue weighted by Crippen LogP contribution is 2.11. The minimum atomic E-state index is -0.609. The number of amides is 1. The van der Waals surface area contributed by atoms with Crippen LogP contribution in [0, 0.1) is 12.7 Å². The second-order valence-electron chi connectivity index (χ2n) is 6.46. The van der Waals surface area contributed by atoms with Gasteiger partial charge in [-0.2, -0.15) is 0 Å². The van der Waals surface area contributed by atoms with Crippen molar-refractivity contribution >= 4 is 5.91 Å². The quantitative estimate of drug-likeness (QED) is 0.871. The summed E-state index contributed by atoms with van der Waals surface area (Å²) in [6.07, 6.45) is -0.609. The van der Waals surface area contributed by atoms with E-state index in [0.717, 1.165) is 26.2 Å². The molecule has 1 fully saturated rings. The highest BCUT2D eigenvalue weighted by Gasteiger charge is 2.20. The number of aryl methyl sites for hydroxylation is 1. The first-order valence-electron chi connectivity index (χ1n) is 7.97. The molecule has 2 rings (SSSR count). The Bertz CT molecular complexity index is 524. The predicted molar refractivity (Wildman–Crippen MR) is 88.0 cm³/mol. The number of rotatable bonds is 5. The Labute approximate surface area is 137 Å². The lowest BCUT2D eigenvalue weighted by molar-refractivity contribution is 0.0501. The molecule has 1 aliphatic rings. The number of aliphatic hydroxyl groups is 1. The van der Waals surface area contributed by atoms with Crippen molar-refractivity contribution in [2.45, 2.75) is 13.0 Å². The van der Waals surface area contributed by atoms with Crippen molar-refractivity contribution in [1.29, 1.82) is 0 Å². The van der Waals surface area contributed by atoms with Crippen LogP contribution in [0.4, 0.5) is 4.39 Å². The molecule has 0 aromatic heterocycles. The van der Waals surface area contributed by atoms with Gasteiger partial charge in [-0.05, 0) is 37.7 Å². The fourth-order valence-electron chi connectivity index (χ4n) is 2.87. The summed E-state index contributed by atoms with van der Waals surface area (Å²) < 4.78 is 13.4. The molecule has 0 saturated carbocycles. The molecule has 1 atom stereocenters. The molecule has 5 nitrogen and oxygen atoms in total. The van der Waals surface area contributed by atoms with Crippen LogP contribution in [0.5, 0.6) is 0 Å². The average molecular weight is 323 g/mol. The zero-order valence-corrected chi connectivity index (χ0v) is 14.1. The van der Waals surface area contributed by atoms with Gasteiger partial charge in [0.05, 0.1) is 6.10 Å². The zero-order valence-electron chi connectivity index (χ0n) is 14.1. The van der Waals surface area contributed by atoms with Gasteiger partial charge in [0.15, 0.2) is 0 Å². The van der Waals surface area contributed by atoms with Crippen molar-refractivity contribution in [1.82, 2.24) is 14.7 Å². The SMILES string of the molecule is Cc1cc(F)cc(C(=O)N(C)CC(O)CN2CCN(C)CC2)c1. The number of β-amino-alcohol motifs (C(OH)–C–C–N with tert-alkyl or cyclic N) is 1. The summed E-state index contributed by atoms with van der Waals surface area (Å²) in [6, 6.07) is 4.28. The molecule has 1 unspecified atom stereocenters. The van der Waals surface area contributed by atoms with Crippen LogP contribution in [-0.2, 0) is 0 Å². The van der Waals surface area contributed by atoms with E-state index in [1.54, 1.807) is 20.0 Å². The molecule has 6 heteroatoms. The second kappa shape index (κ2) is 7.86. The van der Waals surface area contributed by atoms with E-state index in [4.69, 9.17) is 0 Å². The number of aliphatic hydroxyl groups excluding tert-OH is 1. The molecule has 1 aromatic rings. The van der Waals surface area contributed by atoms with Crippen molar-refractivity contribution in [2.75, 3.05) is 53.4 Å². The lowest BCUT2D eigenvalue weighted by atomic mass is 10.1. The number of carbonyl (C=O) groups is 1. The van der Waals surface area contributed by atoms with Crippen LogP contribution >= 0.6 is 0 Å². The second-order valence-corrected chi connectivity index (χ2v) is 6.46. The molecule has 23 heavy (non-hydrogen) atoms. The maximum absolute atomic E-state index is 13.4. The van der Waals surface area contributed by atoms with E-state index in [1.807, 2.05) is 0 Å². The van der Waals surface area contributed by atoms with Gasteiger partial charge in [0, 0.05) is 51.9 Å². The first-order valence-corrected chi connectivity index (χ1v) is 7.97. The maximum atomic E-state index is 13.4. The van der Waals surface area contributed by atoms with E-state index >= 15 is 0 Å². The predicted octanol–water partition coefficient (Wildman–Crippen LogP) is 0.814. The fourth-order valence-corrected chi connectivity index (χ4v) is 2.87. The molecule has 0 radical (unpaired) electrons. The monoisotopic (exact) mass is 323 g/mol. The van der Waals surface area contributed by atoms with E-state index in [1.165, 1.54) is 17.0 Å². The van der Waals surface area contributed by atoms with Crippen molar-refractivity contribution in [3.8, 4) is 0 Å². The Morgan fingerprint density at radius 3 is 2.57 bits per heavy atom. The Balaban J connectivity index is 1.87. The highest BCUT2D eigenvalue weighted by atomic mass is 19.1. The van der Waals surface area contributed by atoms with Crippen LogP contribution in [-0.4, -0.2) is 85.2 Å². The third kappa shape index (κ3) is 5.27. The summed E-state index contributed by atoms with van der Waals surface area (Å²) in [4.78, 5) is 18.3. The van der Waals surface area contributed by atoms with Gasteiger partial charge in [-0.1, -0.05) is 0 Å². The van der Waals surface area contributed by atoms with E-state index in [9.17, 15) is 14.3 Å². The molecule has 0 bridgehead atoms. The Hall–Kier alpha value is -1.50. The van der Waals surface area contributed by atoms with Crippen molar-refractivity contribution < 1.29 is 14.3 Å². The van der Waals surface area contributed by atoms with Gasteiger partial charge < -0.3 is 14.9 Å². The number of benzene rings is 1. The van der Waals surface area contributed by atoms with E-state index < -0.39 is 11.9 Å². The maximum Gasteiger partial charge on any atom is 0.253 e. The number of nitrogens with zero attached hydrogens (tertiary/aromatic N) is 3. The number of carbonyl (C=O) groups excluding carboxylic acids is 1. The molecule has 1 saturated heterocycles. The summed E-state index contributed by atoms with van der Waals surface area (Å²) in [5, 5.41) is 10.2. The molecule has 1 amide bonds. The van der Waals surface area contributed by atoms with Crippen LogP contribution < -0.4 is 0 Å². The molecule has 1 aliphatic heterocycles. The summed E-state index contributed by atoms with van der Waals surface area (Å²) in [7, 11) is 3.72. The summed E-state index contributed by atoms with van der Waals surface area (Å²) in [6.45, 7) is 6.37. The van der Waals surface area contributed by atoms with Gasteiger partial charge in [-0.25, -0.2) is 4.39 Å². The molecular weight excluding hydrogens is 297 g/mol. The summed E-state index contributed by atoms with van der Waals surface area (Å²) in [5.41, 5.74) is 1.02.